The lowest BCUT2D eigenvalue weighted by molar-refractivity contribution is 0.0939. The van der Waals surface area contributed by atoms with Crippen LogP contribution in [-0.4, -0.2) is 36.1 Å². The van der Waals surface area contributed by atoms with Crippen molar-refractivity contribution in [3.05, 3.63) is 71.0 Å². The molecular weight excluding hydrogens is 436 g/mol. The SMILES string of the molecule is CC(C)S(=O)(=O)c1ccc(-c2cnc3c(n2)C(NC(=O)c2cccc(Cl)c2)CN3)cc1. The highest BCUT2D eigenvalue weighted by Crippen LogP contribution is 2.29. The van der Waals surface area contributed by atoms with Crippen molar-refractivity contribution in [1.82, 2.24) is 15.3 Å². The number of fused-ring (bicyclic) bond motifs is 1. The molecule has 0 bridgehead atoms. The van der Waals surface area contributed by atoms with Crippen LogP contribution in [0, 0.1) is 0 Å². The highest BCUT2D eigenvalue weighted by molar-refractivity contribution is 7.92. The van der Waals surface area contributed by atoms with Gasteiger partial charge >= 0.3 is 0 Å². The van der Waals surface area contributed by atoms with Gasteiger partial charge in [0.25, 0.3) is 5.91 Å². The van der Waals surface area contributed by atoms with E-state index in [0.717, 1.165) is 5.56 Å². The van der Waals surface area contributed by atoms with Crippen molar-refractivity contribution < 1.29 is 13.2 Å². The molecule has 2 aromatic carbocycles. The average Bonchev–Trinajstić information content (AvgIpc) is 3.15. The van der Waals surface area contributed by atoms with Gasteiger partial charge in [-0.05, 0) is 44.2 Å². The third kappa shape index (κ3) is 4.26. The summed E-state index contributed by atoms with van der Waals surface area (Å²) in [5, 5.41) is 6.10. The van der Waals surface area contributed by atoms with Crippen LogP contribution in [0.4, 0.5) is 5.82 Å². The fraction of sp³-hybridized carbons (Fsp3) is 0.227. The molecular formula is C22H21ClN4O3S. The number of sulfone groups is 1. The second-order valence-corrected chi connectivity index (χ2v) is 10.5. The molecule has 0 saturated carbocycles. The van der Waals surface area contributed by atoms with Crippen LogP contribution in [0.1, 0.15) is 35.9 Å². The summed E-state index contributed by atoms with van der Waals surface area (Å²) < 4.78 is 24.7. The number of hydrogen-bond donors (Lipinski definition) is 2. The Labute approximate surface area is 185 Å². The molecule has 1 aromatic heterocycles. The van der Waals surface area contributed by atoms with Crippen LogP contribution in [0.5, 0.6) is 0 Å². The molecule has 1 aliphatic rings. The fourth-order valence-corrected chi connectivity index (χ4v) is 4.55. The second-order valence-electron chi connectivity index (χ2n) is 7.52. The third-order valence-electron chi connectivity index (χ3n) is 5.09. The van der Waals surface area contributed by atoms with E-state index in [2.05, 4.69) is 20.6 Å². The first-order valence-corrected chi connectivity index (χ1v) is 11.7. The van der Waals surface area contributed by atoms with E-state index in [4.69, 9.17) is 11.6 Å². The minimum Gasteiger partial charge on any atom is -0.366 e. The number of nitrogens with zero attached hydrogens (tertiary/aromatic N) is 2. The normalized spacial score (nSPS) is 15.4. The van der Waals surface area contributed by atoms with Crippen molar-refractivity contribution in [3.8, 4) is 11.3 Å². The van der Waals surface area contributed by atoms with Crippen LogP contribution in [-0.2, 0) is 9.84 Å². The number of carbonyl (C=O) groups excluding carboxylic acids is 1. The molecule has 0 saturated heterocycles. The van der Waals surface area contributed by atoms with E-state index in [1.165, 1.54) is 0 Å². The Morgan fingerprint density at radius 3 is 2.61 bits per heavy atom. The van der Waals surface area contributed by atoms with Crippen LogP contribution in [0.3, 0.4) is 0 Å². The van der Waals surface area contributed by atoms with Gasteiger partial charge in [0.15, 0.2) is 9.84 Å². The topological polar surface area (TPSA) is 101 Å². The largest absolute Gasteiger partial charge is 0.366 e. The molecule has 7 nitrogen and oxygen atoms in total. The van der Waals surface area contributed by atoms with Crippen LogP contribution < -0.4 is 10.6 Å². The van der Waals surface area contributed by atoms with Crippen molar-refractivity contribution in [1.29, 1.82) is 0 Å². The third-order valence-corrected chi connectivity index (χ3v) is 7.50. The lowest BCUT2D eigenvalue weighted by Gasteiger charge is -2.13. The molecule has 2 heterocycles. The van der Waals surface area contributed by atoms with Gasteiger partial charge in [0.2, 0.25) is 0 Å². The predicted molar refractivity (Wildman–Crippen MR) is 120 cm³/mol. The summed E-state index contributed by atoms with van der Waals surface area (Å²) in [6.07, 6.45) is 1.62. The summed E-state index contributed by atoms with van der Waals surface area (Å²) in [4.78, 5) is 22.0. The molecule has 9 heteroatoms. The maximum atomic E-state index is 12.6. The summed E-state index contributed by atoms with van der Waals surface area (Å²) in [6.45, 7) is 3.77. The van der Waals surface area contributed by atoms with Gasteiger partial charge in [-0.15, -0.1) is 0 Å². The van der Waals surface area contributed by atoms with Crippen LogP contribution in [0.15, 0.2) is 59.6 Å². The van der Waals surface area contributed by atoms with Crippen molar-refractivity contribution >= 4 is 33.2 Å². The van der Waals surface area contributed by atoms with Crippen LogP contribution in [0.2, 0.25) is 5.02 Å². The fourth-order valence-electron chi connectivity index (χ4n) is 3.30. The summed E-state index contributed by atoms with van der Waals surface area (Å²) in [6, 6.07) is 13.0. The van der Waals surface area contributed by atoms with Crippen molar-refractivity contribution in [3.63, 3.8) is 0 Å². The van der Waals surface area contributed by atoms with Crippen LogP contribution >= 0.6 is 11.6 Å². The van der Waals surface area contributed by atoms with Gasteiger partial charge in [-0.25, -0.2) is 18.4 Å². The Morgan fingerprint density at radius 1 is 1.19 bits per heavy atom. The average molecular weight is 457 g/mol. The van der Waals surface area contributed by atoms with E-state index >= 15 is 0 Å². The molecule has 0 fully saturated rings. The highest BCUT2D eigenvalue weighted by atomic mass is 35.5. The monoisotopic (exact) mass is 456 g/mol. The number of anilines is 1. The summed E-state index contributed by atoms with van der Waals surface area (Å²) in [5.74, 6) is 0.358. The van der Waals surface area contributed by atoms with Gasteiger partial charge in [-0.1, -0.05) is 29.8 Å². The molecule has 1 aliphatic heterocycles. The highest BCUT2D eigenvalue weighted by Gasteiger charge is 2.27. The summed E-state index contributed by atoms with van der Waals surface area (Å²) >= 11 is 5.98. The summed E-state index contributed by atoms with van der Waals surface area (Å²) in [5.41, 5.74) is 2.43. The first kappa shape index (κ1) is 21.3. The second kappa shape index (κ2) is 8.28. The number of carbonyl (C=O) groups is 1. The zero-order valence-corrected chi connectivity index (χ0v) is 18.5. The first-order valence-electron chi connectivity index (χ1n) is 9.77. The molecule has 0 aliphatic carbocycles. The Balaban J connectivity index is 1.58. The molecule has 3 aromatic rings. The Morgan fingerprint density at radius 2 is 1.94 bits per heavy atom. The van der Waals surface area contributed by atoms with E-state index in [0.29, 0.717) is 34.3 Å². The van der Waals surface area contributed by atoms with Gasteiger partial charge < -0.3 is 10.6 Å². The molecule has 1 atom stereocenters. The summed E-state index contributed by atoms with van der Waals surface area (Å²) in [7, 11) is -3.34. The van der Waals surface area contributed by atoms with Gasteiger partial charge in [0.05, 0.1) is 28.1 Å². The van der Waals surface area contributed by atoms with Gasteiger partial charge in [-0.2, -0.15) is 0 Å². The number of halogens is 1. The number of aromatic nitrogens is 2. The van der Waals surface area contributed by atoms with Gasteiger partial charge in [0, 0.05) is 22.7 Å². The maximum Gasteiger partial charge on any atom is 0.251 e. The van der Waals surface area contributed by atoms with E-state index in [1.54, 1.807) is 68.6 Å². The number of amides is 1. The van der Waals surface area contributed by atoms with Crippen LogP contribution in [0.25, 0.3) is 11.3 Å². The van der Waals surface area contributed by atoms with E-state index in [9.17, 15) is 13.2 Å². The zero-order valence-electron chi connectivity index (χ0n) is 17.0. The first-order chi connectivity index (χ1) is 14.8. The number of nitrogens with one attached hydrogen (secondary N) is 2. The molecule has 4 rings (SSSR count). The Hall–Kier alpha value is -2.97. The number of benzene rings is 2. The Kier molecular flexibility index (Phi) is 5.68. The number of rotatable bonds is 5. The molecule has 0 radical (unpaired) electrons. The lowest BCUT2D eigenvalue weighted by atomic mass is 10.1. The molecule has 1 unspecified atom stereocenters. The number of hydrogen-bond acceptors (Lipinski definition) is 6. The quantitative estimate of drug-likeness (QED) is 0.604. The predicted octanol–water partition coefficient (Wildman–Crippen LogP) is 3.88. The minimum atomic E-state index is -3.34. The van der Waals surface area contributed by atoms with Crippen molar-refractivity contribution in [2.75, 3.05) is 11.9 Å². The smallest absolute Gasteiger partial charge is 0.251 e. The lowest BCUT2D eigenvalue weighted by Crippen LogP contribution is -2.30. The van der Waals surface area contributed by atoms with Gasteiger partial charge in [-0.3, -0.25) is 4.79 Å². The zero-order chi connectivity index (χ0) is 22.2. The molecule has 1 amide bonds. The standard InChI is InChI=1S/C22H21ClN4O3S/c1-13(2)31(29,30)17-8-6-14(7-9-17)18-11-24-21-20(26-18)19(12-25-21)27-22(28)15-4-3-5-16(23)10-15/h3-11,13,19H,12H2,1-2H3,(H,24,25)(H,27,28). The van der Waals surface area contributed by atoms with Gasteiger partial charge in [0.1, 0.15) is 11.5 Å². The van der Waals surface area contributed by atoms with E-state index in [1.807, 2.05) is 0 Å². The van der Waals surface area contributed by atoms with E-state index in [-0.39, 0.29) is 16.8 Å². The van der Waals surface area contributed by atoms with Crippen molar-refractivity contribution in [2.45, 2.75) is 30.0 Å². The molecule has 160 valence electrons. The Bertz CT molecular complexity index is 1240. The maximum absolute atomic E-state index is 12.6. The molecule has 2 N–H and O–H groups in total. The van der Waals surface area contributed by atoms with E-state index < -0.39 is 15.1 Å². The van der Waals surface area contributed by atoms with Crippen molar-refractivity contribution in [2.24, 2.45) is 0 Å². The minimum absolute atomic E-state index is 0.252. The molecule has 31 heavy (non-hydrogen) atoms. The molecule has 0 spiro atoms.